The standard InChI is InChI=1S/C48H78O3Si2/c1-33(2)36-21-23-39(24-22-36)48(29-30-48)44(49)27-18-34(3)41-25-26-42-37(17-16-28-47(41,42)11)19-20-38-31-40(50-52(12,13)45(5,6)7)32-43(35(38)4)51-53(14,15)46(8,9)10/h18-24,27,33-34,40-44,49H,4,16-17,25-26,28-32H2,1-3,5-15H3/b27-18+,37-19+,38-20-/t34-,40-,41-,42+,43+,44-,47-/m1/s1. The Bertz CT molecular complexity index is 1540. The second-order valence-corrected chi connectivity index (χ2v) is 31.0. The number of rotatable bonds is 11. The van der Waals surface area contributed by atoms with Crippen molar-refractivity contribution in [2.75, 3.05) is 0 Å². The molecule has 1 aromatic rings. The number of aliphatic hydroxyl groups excluding tert-OH is 1. The van der Waals surface area contributed by atoms with Crippen LogP contribution in [0.25, 0.3) is 0 Å². The van der Waals surface area contributed by atoms with Crippen molar-refractivity contribution in [1.82, 2.24) is 0 Å². The number of aliphatic hydroxyl groups is 1. The molecule has 1 N–H and O–H groups in total. The third-order valence-electron chi connectivity index (χ3n) is 15.5. The van der Waals surface area contributed by atoms with Gasteiger partial charge in [-0.25, -0.2) is 0 Å². The summed E-state index contributed by atoms with van der Waals surface area (Å²) >= 11 is 0. The van der Waals surface area contributed by atoms with E-state index in [1.54, 1.807) is 5.57 Å². The smallest absolute Gasteiger partial charge is 0.192 e. The Balaban J connectivity index is 1.33. The summed E-state index contributed by atoms with van der Waals surface area (Å²) in [4.78, 5) is 0. The van der Waals surface area contributed by atoms with Gasteiger partial charge in [0.15, 0.2) is 16.6 Å². The lowest BCUT2D eigenvalue weighted by molar-refractivity contribution is 0.0969. The van der Waals surface area contributed by atoms with Crippen molar-refractivity contribution in [2.24, 2.45) is 23.2 Å². The second kappa shape index (κ2) is 15.4. The minimum Gasteiger partial charge on any atom is -0.413 e. The third-order valence-corrected chi connectivity index (χ3v) is 24.5. The average molecular weight is 759 g/mol. The predicted octanol–water partition coefficient (Wildman–Crippen LogP) is 13.6. The van der Waals surface area contributed by atoms with Crippen LogP contribution in [0.4, 0.5) is 0 Å². The molecule has 0 aromatic heterocycles. The van der Waals surface area contributed by atoms with E-state index < -0.39 is 22.7 Å². The van der Waals surface area contributed by atoms with Gasteiger partial charge in [-0.2, -0.15) is 0 Å². The minimum atomic E-state index is -2.00. The fourth-order valence-corrected chi connectivity index (χ4v) is 12.3. The van der Waals surface area contributed by atoms with Crippen LogP contribution >= 0.6 is 0 Å². The molecule has 7 atom stereocenters. The van der Waals surface area contributed by atoms with Gasteiger partial charge >= 0.3 is 0 Å². The molecule has 0 heterocycles. The number of benzene rings is 1. The molecule has 0 bridgehead atoms. The number of hydrogen-bond acceptors (Lipinski definition) is 3. The zero-order chi connectivity index (χ0) is 39.4. The molecule has 4 aliphatic rings. The molecule has 0 amide bonds. The summed E-state index contributed by atoms with van der Waals surface area (Å²) in [7, 11) is -3.96. The first-order valence-corrected chi connectivity index (χ1v) is 27.1. The maximum absolute atomic E-state index is 11.5. The molecule has 3 nitrogen and oxygen atoms in total. The van der Waals surface area contributed by atoms with Gasteiger partial charge in [0.1, 0.15) is 0 Å². The van der Waals surface area contributed by atoms with Crippen molar-refractivity contribution < 1.29 is 14.0 Å². The lowest BCUT2D eigenvalue weighted by Gasteiger charge is -2.45. The van der Waals surface area contributed by atoms with E-state index in [0.717, 1.165) is 25.7 Å². The summed E-state index contributed by atoms with van der Waals surface area (Å²) < 4.78 is 14.2. The Morgan fingerprint density at radius 3 is 2.02 bits per heavy atom. The summed E-state index contributed by atoms with van der Waals surface area (Å²) in [6.07, 6.45) is 19.4. The van der Waals surface area contributed by atoms with Crippen LogP contribution in [-0.2, 0) is 14.3 Å². The van der Waals surface area contributed by atoms with E-state index in [4.69, 9.17) is 15.4 Å². The number of allylic oxidation sites excluding steroid dienone is 4. The molecule has 0 spiro atoms. The van der Waals surface area contributed by atoms with Crippen molar-refractivity contribution in [2.45, 2.75) is 193 Å². The van der Waals surface area contributed by atoms with E-state index in [0.29, 0.717) is 23.7 Å². The van der Waals surface area contributed by atoms with Gasteiger partial charge in [0.05, 0.1) is 18.3 Å². The summed E-state index contributed by atoms with van der Waals surface area (Å²) in [5.41, 5.74) is 6.98. The highest BCUT2D eigenvalue weighted by Crippen LogP contribution is 2.60. The average Bonchev–Trinajstić information content (AvgIpc) is 3.78. The summed E-state index contributed by atoms with van der Waals surface area (Å²) in [5.74, 6) is 2.21. The van der Waals surface area contributed by atoms with Crippen LogP contribution < -0.4 is 0 Å². The molecular formula is C48H78O3Si2. The topological polar surface area (TPSA) is 38.7 Å². The van der Waals surface area contributed by atoms with Crippen LogP contribution in [0.3, 0.4) is 0 Å². The van der Waals surface area contributed by atoms with Crippen molar-refractivity contribution in [1.29, 1.82) is 0 Å². The Kier molecular flexibility index (Phi) is 12.4. The first-order chi connectivity index (χ1) is 24.4. The van der Waals surface area contributed by atoms with Gasteiger partial charge in [0.2, 0.25) is 0 Å². The molecule has 0 saturated heterocycles. The number of fused-ring (bicyclic) bond motifs is 1. The highest BCUT2D eigenvalue weighted by atomic mass is 28.4. The fourth-order valence-electron chi connectivity index (χ4n) is 9.60. The van der Waals surface area contributed by atoms with Crippen LogP contribution in [0, 0.1) is 23.2 Å². The van der Waals surface area contributed by atoms with E-state index in [-0.39, 0.29) is 33.1 Å². The molecule has 296 valence electrons. The summed E-state index contributed by atoms with van der Waals surface area (Å²) in [6, 6.07) is 9.05. The highest BCUT2D eigenvalue weighted by molar-refractivity contribution is 6.74. The maximum atomic E-state index is 11.5. The Labute approximate surface area is 328 Å². The van der Waals surface area contributed by atoms with Crippen LogP contribution in [0.15, 0.2) is 71.9 Å². The SMILES string of the molecule is C=C1/C(=C\C=C2/CCC[C@]3(C)[C@@H]([C@H](C)/C=C/[C@@H](O)C4(c5ccc(C(C)C)cc5)CC4)CC[C@@H]23)C[C@@H](O[Si](C)(C)C(C)(C)C)C[C@@H]1O[Si](C)(C)C(C)(C)C. The van der Waals surface area contributed by atoms with Crippen molar-refractivity contribution in [3.63, 3.8) is 0 Å². The van der Waals surface area contributed by atoms with Gasteiger partial charge in [0.25, 0.3) is 0 Å². The van der Waals surface area contributed by atoms with E-state index >= 15 is 0 Å². The lowest BCUT2D eigenvalue weighted by atomic mass is 9.61. The largest absolute Gasteiger partial charge is 0.413 e. The molecule has 0 aliphatic heterocycles. The highest BCUT2D eigenvalue weighted by Gasteiger charge is 2.52. The van der Waals surface area contributed by atoms with E-state index in [1.165, 1.54) is 54.4 Å². The molecule has 1 aromatic carbocycles. The zero-order valence-corrected chi connectivity index (χ0v) is 38.5. The van der Waals surface area contributed by atoms with Crippen molar-refractivity contribution >= 4 is 16.6 Å². The molecule has 53 heavy (non-hydrogen) atoms. The van der Waals surface area contributed by atoms with Crippen molar-refractivity contribution in [3.05, 3.63) is 83.0 Å². The van der Waals surface area contributed by atoms with Crippen molar-refractivity contribution in [3.8, 4) is 0 Å². The van der Waals surface area contributed by atoms with E-state index in [1.807, 2.05) is 0 Å². The lowest BCUT2D eigenvalue weighted by Crippen LogP contribution is -2.49. The van der Waals surface area contributed by atoms with Crippen LogP contribution in [0.1, 0.15) is 144 Å². The van der Waals surface area contributed by atoms with Crippen LogP contribution in [0.2, 0.25) is 36.3 Å². The maximum Gasteiger partial charge on any atom is 0.192 e. The third kappa shape index (κ3) is 8.90. The molecule has 4 fully saturated rings. The summed E-state index contributed by atoms with van der Waals surface area (Å²) in [5, 5.41) is 11.8. The van der Waals surface area contributed by atoms with E-state index in [2.05, 4.69) is 144 Å². The first-order valence-electron chi connectivity index (χ1n) is 21.3. The molecule has 5 heteroatoms. The predicted molar refractivity (Wildman–Crippen MR) is 233 cm³/mol. The summed E-state index contributed by atoms with van der Waals surface area (Å²) in [6.45, 7) is 37.7. The Hall–Kier alpha value is -1.51. The van der Waals surface area contributed by atoms with Gasteiger partial charge in [0, 0.05) is 11.8 Å². The van der Waals surface area contributed by atoms with Crippen LogP contribution in [-0.4, -0.2) is 40.1 Å². The molecule has 5 rings (SSSR count). The Morgan fingerprint density at radius 1 is 0.849 bits per heavy atom. The Morgan fingerprint density at radius 2 is 1.45 bits per heavy atom. The molecule has 0 unspecified atom stereocenters. The van der Waals surface area contributed by atoms with Gasteiger partial charge in [-0.15, -0.1) is 0 Å². The van der Waals surface area contributed by atoms with Gasteiger partial charge < -0.3 is 14.0 Å². The van der Waals surface area contributed by atoms with Gasteiger partial charge in [-0.05, 0) is 139 Å². The van der Waals surface area contributed by atoms with Gasteiger partial charge in [-0.1, -0.05) is 130 Å². The molecule has 4 saturated carbocycles. The molecule has 0 radical (unpaired) electrons. The number of hydrogen-bond donors (Lipinski definition) is 1. The quantitative estimate of drug-likeness (QED) is 0.180. The molecular weight excluding hydrogens is 681 g/mol. The first kappa shape index (κ1) is 42.6. The van der Waals surface area contributed by atoms with Gasteiger partial charge in [-0.3, -0.25) is 0 Å². The second-order valence-electron chi connectivity index (χ2n) is 21.5. The van der Waals surface area contributed by atoms with E-state index in [9.17, 15) is 5.11 Å². The van der Waals surface area contributed by atoms with Crippen LogP contribution in [0.5, 0.6) is 0 Å². The fraction of sp³-hybridized carbons (Fsp3) is 0.708. The normalized spacial score (nSPS) is 31.1. The zero-order valence-electron chi connectivity index (χ0n) is 36.5. The molecule has 4 aliphatic carbocycles. The monoisotopic (exact) mass is 759 g/mol. The minimum absolute atomic E-state index is 0.00806.